The molecule has 0 fully saturated rings. The van der Waals surface area contributed by atoms with Crippen LogP contribution in [0.2, 0.25) is 0 Å². The van der Waals surface area contributed by atoms with Crippen LogP contribution in [-0.4, -0.2) is 33.6 Å². The molecular formula is C14H21F3IN3O2S. The average Bonchev–Trinajstić information content (AvgIpc) is 2.38. The standard InChI is InChI=1S/C14H20F3N3O2S.HI/c1-13(2,3)23(21)9-8-19-12(18)20-10-4-6-11(7-5-10)22-14(15,16)17;/h4-7H,8-9H2,1-3H3,(H3,18,19,20);1H. The Morgan fingerprint density at radius 2 is 1.79 bits per heavy atom. The Balaban J connectivity index is 0.00000529. The third-order valence-corrected chi connectivity index (χ3v) is 4.52. The van der Waals surface area contributed by atoms with E-state index in [9.17, 15) is 17.4 Å². The van der Waals surface area contributed by atoms with Crippen LogP contribution in [0.5, 0.6) is 5.75 Å². The van der Waals surface area contributed by atoms with Gasteiger partial charge >= 0.3 is 6.36 Å². The molecule has 10 heteroatoms. The quantitative estimate of drug-likeness (QED) is 0.385. The number of anilines is 1. The molecule has 0 bridgehead atoms. The van der Waals surface area contributed by atoms with Gasteiger partial charge in [0.2, 0.25) is 0 Å². The zero-order valence-corrected chi connectivity index (χ0v) is 16.7. The Morgan fingerprint density at radius 3 is 2.25 bits per heavy atom. The molecule has 0 aliphatic heterocycles. The van der Waals surface area contributed by atoms with Crippen molar-refractivity contribution in [3.8, 4) is 5.75 Å². The number of alkyl halides is 3. The molecule has 24 heavy (non-hydrogen) atoms. The fraction of sp³-hybridized carbons (Fsp3) is 0.500. The van der Waals surface area contributed by atoms with Crippen molar-refractivity contribution in [1.29, 1.82) is 0 Å². The summed E-state index contributed by atoms with van der Waals surface area (Å²) in [5, 5.41) is 2.74. The number of hydrogen-bond donors (Lipinski definition) is 2. The molecule has 1 atom stereocenters. The summed E-state index contributed by atoms with van der Waals surface area (Å²) in [4.78, 5) is 4.03. The minimum atomic E-state index is -4.72. The van der Waals surface area contributed by atoms with Gasteiger partial charge in [-0.15, -0.1) is 37.1 Å². The lowest BCUT2D eigenvalue weighted by molar-refractivity contribution is -0.274. The van der Waals surface area contributed by atoms with Gasteiger partial charge in [-0.1, -0.05) is 0 Å². The molecular weight excluding hydrogens is 458 g/mol. The van der Waals surface area contributed by atoms with E-state index in [1.54, 1.807) is 0 Å². The highest BCUT2D eigenvalue weighted by molar-refractivity contribution is 14.0. The summed E-state index contributed by atoms with van der Waals surface area (Å²) in [5.41, 5.74) is 6.14. The summed E-state index contributed by atoms with van der Waals surface area (Å²) in [6, 6.07) is 5.10. The molecule has 1 rings (SSSR count). The average molecular weight is 479 g/mol. The van der Waals surface area contributed by atoms with Crippen molar-refractivity contribution < 1.29 is 22.1 Å². The Morgan fingerprint density at radius 1 is 1.25 bits per heavy atom. The van der Waals surface area contributed by atoms with E-state index < -0.39 is 17.2 Å². The lowest BCUT2D eigenvalue weighted by Gasteiger charge is -2.16. The number of hydrogen-bond acceptors (Lipinski definition) is 3. The van der Waals surface area contributed by atoms with Crippen LogP contribution in [0.4, 0.5) is 18.9 Å². The molecule has 0 radical (unpaired) electrons. The Kier molecular flexibility index (Phi) is 9.04. The van der Waals surface area contributed by atoms with Crippen LogP contribution in [0.3, 0.4) is 0 Å². The van der Waals surface area contributed by atoms with Crippen LogP contribution in [0, 0.1) is 0 Å². The lowest BCUT2D eigenvalue weighted by atomic mass is 10.3. The number of aliphatic imine (C=N–C) groups is 1. The number of nitrogens with one attached hydrogen (secondary N) is 1. The van der Waals surface area contributed by atoms with Crippen molar-refractivity contribution in [2.75, 3.05) is 17.6 Å². The summed E-state index contributed by atoms with van der Waals surface area (Å²) in [6.45, 7) is 5.91. The lowest BCUT2D eigenvalue weighted by Crippen LogP contribution is -2.27. The highest BCUT2D eigenvalue weighted by atomic mass is 127. The van der Waals surface area contributed by atoms with Gasteiger partial charge in [-0.05, 0) is 45.0 Å². The SMILES string of the molecule is CC(C)(C)S(=O)CCN=C(N)Nc1ccc(OC(F)(F)F)cc1.I. The van der Waals surface area contributed by atoms with Gasteiger partial charge in [0.25, 0.3) is 0 Å². The van der Waals surface area contributed by atoms with Crippen LogP contribution in [0.25, 0.3) is 0 Å². The van der Waals surface area contributed by atoms with Crippen molar-refractivity contribution in [2.24, 2.45) is 10.7 Å². The summed E-state index contributed by atoms with van der Waals surface area (Å²) in [7, 11) is -1.03. The normalized spacial score (nSPS) is 13.8. The Hall–Kier alpha value is -1.04. The molecule has 0 aliphatic carbocycles. The first kappa shape index (κ1) is 23.0. The van der Waals surface area contributed by atoms with Crippen molar-refractivity contribution in [1.82, 2.24) is 0 Å². The van der Waals surface area contributed by atoms with Gasteiger partial charge in [-0.25, -0.2) is 0 Å². The maximum absolute atomic E-state index is 12.0. The molecule has 3 N–H and O–H groups in total. The van der Waals surface area contributed by atoms with Crippen molar-refractivity contribution in [3.05, 3.63) is 24.3 Å². The highest BCUT2D eigenvalue weighted by Crippen LogP contribution is 2.23. The van der Waals surface area contributed by atoms with Crippen LogP contribution in [-0.2, 0) is 10.8 Å². The molecule has 0 spiro atoms. The molecule has 0 aromatic heterocycles. The zero-order chi connectivity index (χ0) is 17.7. The fourth-order valence-electron chi connectivity index (χ4n) is 1.48. The maximum atomic E-state index is 12.0. The summed E-state index contributed by atoms with van der Waals surface area (Å²) in [6.07, 6.45) is -4.72. The summed E-state index contributed by atoms with van der Waals surface area (Å²) < 4.78 is 51.4. The third-order valence-electron chi connectivity index (χ3n) is 2.60. The Bertz CT molecular complexity index is 572. The minimum absolute atomic E-state index is 0. The van der Waals surface area contributed by atoms with Gasteiger partial charge in [-0.3, -0.25) is 9.20 Å². The van der Waals surface area contributed by atoms with E-state index in [1.165, 1.54) is 12.1 Å². The molecule has 1 unspecified atom stereocenters. The molecule has 138 valence electrons. The van der Waals surface area contributed by atoms with Gasteiger partial charge in [0.15, 0.2) is 5.96 Å². The van der Waals surface area contributed by atoms with E-state index in [0.717, 1.165) is 12.1 Å². The first-order chi connectivity index (χ1) is 10.5. The predicted octanol–water partition coefficient (Wildman–Crippen LogP) is 3.48. The second-order valence-electron chi connectivity index (χ2n) is 5.63. The molecule has 0 saturated carbocycles. The maximum Gasteiger partial charge on any atom is 0.573 e. The number of nitrogens with two attached hydrogens (primary N) is 1. The van der Waals surface area contributed by atoms with E-state index in [1.807, 2.05) is 20.8 Å². The number of halogens is 4. The second-order valence-corrected chi connectivity index (χ2v) is 7.95. The molecule has 1 aromatic carbocycles. The molecule has 1 aromatic rings. The summed E-state index contributed by atoms with van der Waals surface area (Å²) >= 11 is 0. The van der Waals surface area contributed by atoms with Crippen LogP contribution in [0.1, 0.15) is 20.8 Å². The number of benzene rings is 1. The number of ether oxygens (including phenoxy) is 1. The molecule has 0 aliphatic rings. The predicted molar refractivity (Wildman–Crippen MR) is 101 cm³/mol. The van der Waals surface area contributed by atoms with Crippen molar-refractivity contribution >= 4 is 46.4 Å². The number of nitrogens with zero attached hydrogens (tertiary/aromatic N) is 1. The number of guanidine groups is 1. The first-order valence-electron chi connectivity index (χ1n) is 6.78. The van der Waals surface area contributed by atoms with E-state index in [-0.39, 0.29) is 47.0 Å². The largest absolute Gasteiger partial charge is 0.573 e. The summed E-state index contributed by atoms with van der Waals surface area (Å²) in [5.74, 6) is 0.157. The minimum Gasteiger partial charge on any atom is -0.406 e. The van der Waals surface area contributed by atoms with E-state index in [0.29, 0.717) is 11.4 Å². The van der Waals surface area contributed by atoms with Crippen molar-refractivity contribution in [2.45, 2.75) is 31.9 Å². The molecule has 0 heterocycles. The van der Waals surface area contributed by atoms with Crippen molar-refractivity contribution in [3.63, 3.8) is 0 Å². The fourth-order valence-corrected chi connectivity index (χ4v) is 2.35. The zero-order valence-electron chi connectivity index (χ0n) is 13.5. The van der Waals surface area contributed by atoms with E-state index >= 15 is 0 Å². The van der Waals surface area contributed by atoms with Gasteiger partial charge < -0.3 is 15.8 Å². The van der Waals surface area contributed by atoms with Crippen LogP contribution >= 0.6 is 24.0 Å². The highest BCUT2D eigenvalue weighted by Gasteiger charge is 2.30. The molecule has 5 nitrogen and oxygen atoms in total. The van der Waals surface area contributed by atoms with Gasteiger partial charge in [0, 0.05) is 27.0 Å². The van der Waals surface area contributed by atoms with E-state index in [4.69, 9.17) is 5.73 Å². The van der Waals surface area contributed by atoms with Crippen LogP contribution in [0.15, 0.2) is 29.3 Å². The first-order valence-corrected chi connectivity index (χ1v) is 8.10. The third kappa shape index (κ3) is 9.30. The molecule has 0 amide bonds. The van der Waals surface area contributed by atoms with Gasteiger partial charge in [0.05, 0.1) is 6.54 Å². The second kappa shape index (κ2) is 9.44. The topological polar surface area (TPSA) is 76.7 Å². The van der Waals surface area contributed by atoms with Gasteiger partial charge in [0.1, 0.15) is 5.75 Å². The van der Waals surface area contributed by atoms with Crippen LogP contribution < -0.4 is 15.8 Å². The van der Waals surface area contributed by atoms with Gasteiger partial charge in [-0.2, -0.15) is 0 Å². The van der Waals surface area contributed by atoms with E-state index in [2.05, 4.69) is 15.0 Å². The molecule has 0 saturated heterocycles. The monoisotopic (exact) mass is 479 g/mol. The smallest absolute Gasteiger partial charge is 0.406 e. The Labute approximate surface area is 158 Å². The number of rotatable bonds is 5.